The molecule has 1 heterocycles. The molecule has 0 spiro atoms. The predicted octanol–water partition coefficient (Wildman–Crippen LogP) is 2.39. The van der Waals surface area contributed by atoms with Crippen LogP contribution in [-0.4, -0.2) is 25.4 Å². The molecule has 2 rings (SSSR count). The lowest BCUT2D eigenvalue weighted by Crippen LogP contribution is -2.51. The van der Waals surface area contributed by atoms with Gasteiger partial charge in [-0.2, -0.15) is 0 Å². The summed E-state index contributed by atoms with van der Waals surface area (Å²) in [5, 5.41) is 0. The highest BCUT2D eigenvalue weighted by Crippen LogP contribution is 2.37. The van der Waals surface area contributed by atoms with Gasteiger partial charge in [0.05, 0.1) is 11.6 Å². The van der Waals surface area contributed by atoms with E-state index in [2.05, 4.69) is 37.5 Å². The number of benzene rings is 1. The van der Waals surface area contributed by atoms with Crippen LogP contribution in [0.3, 0.4) is 0 Å². The van der Waals surface area contributed by atoms with Gasteiger partial charge in [-0.25, -0.2) is 0 Å². The smallest absolute Gasteiger partial charge is 0.0932 e. The fraction of sp³-hybridized carbons (Fsp3) is 0.625. The molecule has 1 fully saturated rings. The van der Waals surface area contributed by atoms with Crippen molar-refractivity contribution in [1.82, 2.24) is 5.43 Å². The second-order valence-corrected chi connectivity index (χ2v) is 5.55. The topological polar surface area (TPSA) is 56.5 Å². The summed E-state index contributed by atoms with van der Waals surface area (Å²) in [5.74, 6) is 5.87. The van der Waals surface area contributed by atoms with Crippen LogP contribution in [-0.2, 0) is 9.47 Å². The van der Waals surface area contributed by atoms with E-state index < -0.39 is 0 Å². The molecule has 1 unspecified atom stereocenters. The highest BCUT2D eigenvalue weighted by Gasteiger charge is 2.41. The van der Waals surface area contributed by atoms with Crippen molar-refractivity contribution in [1.29, 1.82) is 0 Å². The largest absolute Gasteiger partial charge is 0.381 e. The molecule has 0 aromatic heterocycles. The van der Waals surface area contributed by atoms with E-state index in [1.165, 1.54) is 16.7 Å². The van der Waals surface area contributed by atoms with Crippen LogP contribution in [0, 0.1) is 13.8 Å². The second kappa shape index (κ2) is 6.68. The summed E-state index contributed by atoms with van der Waals surface area (Å²) < 4.78 is 11.6. The standard InChI is InChI=1S/C16H26N2O2/c1-4-20-16(7-9-19-10-8-16)15(18-17)14-6-5-12(2)13(3)11-14/h5-6,11,15,18H,4,7-10,17H2,1-3H3. The summed E-state index contributed by atoms with van der Waals surface area (Å²) in [4.78, 5) is 0. The molecule has 1 aromatic rings. The molecule has 1 aliphatic rings. The van der Waals surface area contributed by atoms with Crippen molar-refractivity contribution in [2.24, 2.45) is 5.84 Å². The Balaban J connectivity index is 2.34. The fourth-order valence-electron chi connectivity index (χ4n) is 3.02. The minimum atomic E-state index is -0.274. The molecule has 0 amide bonds. The van der Waals surface area contributed by atoms with Gasteiger partial charge in [-0.1, -0.05) is 18.2 Å². The van der Waals surface area contributed by atoms with E-state index in [4.69, 9.17) is 15.3 Å². The highest BCUT2D eigenvalue weighted by molar-refractivity contribution is 5.33. The van der Waals surface area contributed by atoms with Crippen molar-refractivity contribution >= 4 is 0 Å². The van der Waals surface area contributed by atoms with Crippen LogP contribution in [0.5, 0.6) is 0 Å². The van der Waals surface area contributed by atoms with Gasteiger partial charge in [-0.3, -0.25) is 11.3 Å². The molecule has 0 aliphatic carbocycles. The van der Waals surface area contributed by atoms with Crippen molar-refractivity contribution in [2.45, 2.75) is 45.3 Å². The normalized spacial score (nSPS) is 19.8. The van der Waals surface area contributed by atoms with Gasteiger partial charge in [0, 0.05) is 32.7 Å². The monoisotopic (exact) mass is 278 g/mol. The maximum Gasteiger partial charge on any atom is 0.0932 e. The first-order chi connectivity index (χ1) is 9.63. The number of ether oxygens (including phenoxy) is 2. The van der Waals surface area contributed by atoms with Gasteiger partial charge in [0.1, 0.15) is 0 Å². The number of hydrogen-bond donors (Lipinski definition) is 2. The van der Waals surface area contributed by atoms with Gasteiger partial charge >= 0.3 is 0 Å². The molecule has 0 bridgehead atoms. The van der Waals surface area contributed by atoms with Gasteiger partial charge in [0.25, 0.3) is 0 Å². The molecule has 1 atom stereocenters. The second-order valence-electron chi connectivity index (χ2n) is 5.55. The highest BCUT2D eigenvalue weighted by atomic mass is 16.5. The summed E-state index contributed by atoms with van der Waals surface area (Å²) in [7, 11) is 0. The predicted molar refractivity (Wildman–Crippen MR) is 80.4 cm³/mol. The Morgan fingerprint density at radius 2 is 2.00 bits per heavy atom. The van der Waals surface area contributed by atoms with Gasteiger partial charge in [0.15, 0.2) is 0 Å². The molecule has 20 heavy (non-hydrogen) atoms. The number of rotatable bonds is 5. The lowest BCUT2D eigenvalue weighted by atomic mass is 9.81. The van der Waals surface area contributed by atoms with E-state index in [9.17, 15) is 0 Å². The maximum absolute atomic E-state index is 6.13. The minimum Gasteiger partial charge on any atom is -0.381 e. The maximum atomic E-state index is 6.13. The molecule has 4 nitrogen and oxygen atoms in total. The molecule has 1 aromatic carbocycles. The van der Waals surface area contributed by atoms with Gasteiger partial charge in [-0.05, 0) is 37.5 Å². The zero-order valence-electron chi connectivity index (χ0n) is 12.7. The summed E-state index contributed by atoms with van der Waals surface area (Å²) in [6, 6.07) is 6.48. The Bertz CT molecular complexity index is 437. The summed E-state index contributed by atoms with van der Waals surface area (Å²) >= 11 is 0. The SMILES string of the molecule is CCOC1(C(NN)c2ccc(C)c(C)c2)CCOCC1. The Kier molecular flexibility index (Phi) is 5.16. The zero-order valence-corrected chi connectivity index (χ0v) is 12.7. The van der Waals surface area contributed by atoms with Crippen LogP contribution < -0.4 is 11.3 Å². The molecule has 3 N–H and O–H groups in total. The molecule has 1 aliphatic heterocycles. The van der Waals surface area contributed by atoms with Crippen LogP contribution in [0.25, 0.3) is 0 Å². The van der Waals surface area contributed by atoms with E-state index in [0.717, 1.165) is 26.1 Å². The van der Waals surface area contributed by atoms with Crippen molar-refractivity contribution in [3.63, 3.8) is 0 Å². The van der Waals surface area contributed by atoms with Gasteiger partial charge in [-0.15, -0.1) is 0 Å². The van der Waals surface area contributed by atoms with Crippen LogP contribution in [0.4, 0.5) is 0 Å². The van der Waals surface area contributed by atoms with Crippen LogP contribution in [0.2, 0.25) is 0 Å². The number of nitrogens with one attached hydrogen (secondary N) is 1. The summed E-state index contributed by atoms with van der Waals surface area (Å²) in [5.41, 5.74) is 6.46. The van der Waals surface area contributed by atoms with Crippen molar-refractivity contribution < 1.29 is 9.47 Å². The van der Waals surface area contributed by atoms with Crippen molar-refractivity contribution in [2.75, 3.05) is 19.8 Å². The summed E-state index contributed by atoms with van der Waals surface area (Å²) in [6.45, 7) is 8.42. The molecule has 1 saturated heterocycles. The number of aryl methyl sites for hydroxylation is 2. The number of nitrogens with two attached hydrogens (primary N) is 1. The Morgan fingerprint density at radius 1 is 1.30 bits per heavy atom. The molecule has 0 saturated carbocycles. The van der Waals surface area contributed by atoms with E-state index in [-0.39, 0.29) is 11.6 Å². The average molecular weight is 278 g/mol. The average Bonchev–Trinajstić information content (AvgIpc) is 2.45. The minimum absolute atomic E-state index is 0.00866. The third kappa shape index (κ3) is 3.04. The molecular formula is C16H26N2O2. The molecule has 0 radical (unpaired) electrons. The van der Waals surface area contributed by atoms with E-state index in [0.29, 0.717) is 6.61 Å². The Labute approximate surface area is 121 Å². The number of hydrazine groups is 1. The first kappa shape index (κ1) is 15.4. The Hall–Kier alpha value is -0.940. The van der Waals surface area contributed by atoms with Gasteiger partial charge < -0.3 is 9.47 Å². The lowest BCUT2D eigenvalue weighted by molar-refractivity contribution is -0.128. The van der Waals surface area contributed by atoms with Crippen LogP contribution in [0.1, 0.15) is 42.5 Å². The summed E-state index contributed by atoms with van der Waals surface area (Å²) in [6.07, 6.45) is 1.73. The van der Waals surface area contributed by atoms with Crippen LogP contribution >= 0.6 is 0 Å². The Morgan fingerprint density at radius 3 is 2.55 bits per heavy atom. The lowest BCUT2D eigenvalue weighted by Gasteiger charge is -2.43. The first-order valence-corrected chi connectivity index (χ1v) is 7.38. The fourth-order valence-corrected chi connectivity index (χ4v) is 3.02. The van der Waals surface area contributed by atoms with Crippen molar-refractivity contribution in [3.8, 4) is 0 Å². The third-order valence-electron chi connectivity index (χ3n) is 4.33. The molecule has 4 heteroatoms. The van der Waals surface area contributed by atoms with E-state index in [1.54, 1.807) is 0 Å². The van der Waals surface area contributed by atoms with E-state index in [1.807, 2.05) is 6.92 Å². The van der Waals surface area contributed by atoms with Crippen LogP contribution in [0.15, 0.2) is 18.2 Å². The zero-order chi connectivity index (χ0) is 14.6. The van der Waals surface area contributed by atoms with Crippen molar-refractivity contribution in [3.05, 3.63) is 34.9 Å². The molecular weight excluding hydrogens is 252 g/mol. The number of hydrogen-bond acceptors (Lipinski definition) is 4. The quantitative estimate of drug-likeness (QED) is 0.641. The van der Waals surface area contributed by atoms with E-state index >= 15 is 0 Å². The first-order valence-electron chi connectivity index (χ1n) is 7.38. The van der Waals surface area contributed by atoms with Gasteiger partial charge in [0.2, 0.25) is 0 Å². The third-order valence-corrected chi connectivity index (χ3v) is 4.33. The molecule has 112 valence electrons.